The van der Waals surface area contributed by atoms with Gasteiger partial charge in [0.15, 0.2) is 5.76 Å². The van der Waals surface area contributed by atoms with Crippen LogP contribution < -0.4 is 0 Å². The van der Waals surface area contributed by atoms with E-state index in [0.29, 0.717) is 12.3 Å². The van der Waals surface area contributed by atoms with Crippen LogP contribution in [0, 0.1) is 6.92 Å². The summed E-state index contributed by atoms with van der Waals surface area (Å²) >= 11 is 0. The molecule has 172 valence electrons. The highest BCUT2D eigenvalue weighted by Gasteiger charge is 2.29. The van der Waals surface area contributed by atoms with Crippen LogP contribution in [0.1, 0.15) is 64.1 Å². The van der Waals surface area contributed by atoms with E-state index in [4.69, 9.17) is 14.2 Å². The molecule has 0 N–H and O–H groups in total. The van der Waals surface area contributed by atoms with Crippen LogP contribution in [0.25, 0.3) is 11.3 Å². The minimum absolute atomic E-state index is 0.0559. The third-order valence-electron chi connectivity index (χ3n) is 5.05. The summed E-state index contributed by atoms with van der Waals surface area (Å²) in [6, 6.07) is 10.3. The van der Waals surface area contributed by atoms with Crippen molar-refractivity contribution < 1.29 is 19.0 Å². The monoisotopic (exact) mass is 439 g/mol. The van der Waals surface area contributed by atoms with E-state index in [9.17, 15) is 4.79 Å². The number of aliphatic imine (C=N–C) groups is 1. The molecule has 0 spiro atoms. The molecule has 0 bridgehead atoms. The average molecular weight is 440 g/mol. The molecule has 7 heteroatoms. The van der Waals surface area contributed by atoms with E-state index in [1.54, 1.807) is 13.8 Å². The van der Waals surface area contributed by atoms with Gasteiger partial charge < -0.3 is 14.2 Å². The first-order valence-corrected chi connectivity index (χ1v) is 11.0. The van der Waals surface area contributed by atoms with Crippen LogP contribution in [0.4, 0.5) is 4.79 Å². The summed E-state index contributed by atoms with van der Waals surface area (Å²) in [5.41, 5.74) is 4.91. The van der Waals surface area contributed by atoms with Gasteiger partial charge in [-0.2, -0.15) is 5.10 Å². The summed E-state index contributed by atoms with van der Waals surface area (Å²) in [5, 5.41) is 4.56. The van der Waals surface area contributed by atoms with E-state index < -0.39 is 6.16 Å². The molecular weight excluding hydrogens is 406 g/mol. The number of aryl methyl sites for hydroxylation is 2. The number of benzene rings is 1. The summed E-state index contributed by atoms with van der Waals surface area (Å²) < 4.78 is 18.1. The zero-order valence-electron chi connectivity index (χ0n) is 20.0. The topological polar surface area (TPSA) is 74.9 Å². The number of nitrogens with zero attached hydrogens (tertiary/aromatic N) is 3. The Labute approximate surface area is 190 Å². The number of carbonyl (C=O) groups excluding carboxylic acids is 1. The third-order valence-corrected chi connectivity index (χ3v) is 5.05. The molecule has 32 heavy (non-hydrogen) atoms. The van der Waals surface area contributed by atoms with Crippen molar-refractivity contribution >= 4 is 23.7 Å². The molecule has 1 aromatic carbocycles. The van der Waals surface area contributed by atoms with Gasteiger partial charge in [0, 0.05) is 18.3 Å². The van der Waals surface area contributed by atoms with Crippen LogP contribution in [0.3, 0.4) is 0 Å². The Bertz CT molecular complexity index is 1000. The molecule has 0 saturated carbocycles. The van der Waals surface area contributed by atoms with Crippen molar-refractivity contribution in [2.75, 3.05) is 6.79 Å². The summed E-state index contributed by atoms with van der Waals surface area (Å²) in [6.45, 7) is 14.5. The molecule has 1 aliphatic rings. The molecule has 0 amide bonds. The maximum Gasteiger partial charge on any atom is 0.511 e. The Balaban J connectivity index is 2.00. The lowest BCUT2D eigenvalue weighted by Crippen LogP contribution is -2.16. The van der Waals surface area contributed by atoms with E-state index in [0.717, 1.165) is 22.5 Å². The number of hydrogen-bond donors (Lipinski definition) is 0. The fraction of sp³-hybridized carbons (Fsp3) is 0.480. The molecule has 1 atom stereocenters. The van der Waals surface area contributed by atoms with Crippen molar-refractivity contribution in [2.45, 2.75) is 72.6 Å². The molecule has 1 aliphatic heterocycles. The van der Waals surface area contributed by atoms with Crippen molar-refractivity contribution in [3.63, 3.8) is 0 Å². The van der Waals surface area contributed by atoms with Crippen molar-refractivity contribution in [3.8, 4) is 0 Å². The summed E-state index contributed by atoms with van der Waals surface area (Å²) in [6.07, 6.45) is 0.848. The van der Waals surface area contributed by atoms with Gasteiger partial charge in [-0.05, 0) is 50.3 Å². The number of hydrogen-bond acceptors (Lipinski definition) is 6. The molecule has 3 rings (SSSR count). The van der Waals surface area contributed by atoms with Gasteiger partial charge in [0.25, 0.3) is 0 Å². The standard InChI is InChI=1S/C25H33N3O4/c1-8-28-21(13-17(4)27-28)23(30-15-31-24(29)32-16(2)3)22(20-14-26-20)18-9-11-19(12-10-18)25(5,6)7/h9-14,16,20H,8,15H2,1-7H3/b23-22+. The van der Waals surface area contributed by atoms with Crippen molar-refractivity contribution in [1.29, 1.82) is 0 Å². The van der Waals surface area contributed by atoms with Crippen LogP contribution in [-0.4, -0.2) is 41.1 Å². The Morgan fingerprint density at radius 3 is 2.34 bits per heavy atom. The molecule has 1 aromatic heterocycles. The smallest absolute Gasteiger partial charge is 0.455 e. The zero-order chi connectivity index (χ0) is 23.5. The molecule has 0 aliphatic carbocycles. The molecule has 2 heterocycles. The number of aromatic nitrogens is 2. The Morgan fingerprint density at radius 1 is 1.16 bits per heavy atom. The minimum Gasteiger partial charge on any atom is -0.455 e. The molecule has 0 fully saturated rings. The molecule has 0 radical (unpaired) electrons. The average Bonchev–Trinajstić information content (AvgIpc) is 3.47. The lowest BCUT2D eigenvalue weighted by molar-refractivity contribution is -0.0172. The van der Waals surface area contributed by atoms with E-state index in [-0.39, 0.29) is 24.4 Å². The summed E-state index contributed by atoms with van der Waals surface area (Å²) in [7, 11) is 0. The fourth-order valence-corrected chi connectivity index (χ4v) is 3.40. The quantitative estimate of drug-likeness (QED) is 0.314. The van der Waals surface area contributed by atoms with Crippen molar-refractivity contribution in [3.05, 3.63) is 52.8 Å². The first-order chi connectivity index (χ1) is 15.1. The minimum atomic E-state index is -0.765. The van der Waals surface area contributed by atoms with E-state index in [1.807, 2.05) is 30.8 Å². The molecule has 0 saturated heterocycles. The van der Waals surface area contributed by atoms with Gasteiger partial charge in [-0.1, -0.05) is 45.0 Å². The second kappa shape index (κ2) is 9.59. The summed E-state index contributed by atoms with van der Waals surface area (Å²) in [5.74, 6) is 0.593. The van der Waals surface area contributed by atoms with Gasteiger partial charge in [0.05, 0.1) is 11.8 Å². The Hall–Kier alpha value is -3.09. The van der Waals surface area contributed by atoms with Crippen LogP contribution >= 0.6 is 0 Å². The lowest BCUT2D eigenvalue weighted by atomic mass is 9.86. The second-order valence-electron chi connectivity index (χ2n) is 9.12. The van der Waals surface area contributed by atoms with Crippen LogP contribution in [0.2, 0.25) is 0 Å². The largest absolute Gasteiger partial charge is 0.511 e. The highest BCUT2D eigenvalue weighted by molar-refractivity contribution is 6.03. The van der Waals surface area contributed by atoms with Crippen molar-refractivity contribution in [2.24, 2.45) is 4.99 Å². The molecule has 2 aromatic rings. The van der Waals surface area contributed by atoms with Crippen LogP contribution in [-0.2, 0) is 26.2 Å². The van der Waals surface area contributed by atoms with E-state index in [2.05, 4.69) is 55.1 Å². The maximum absolute atomic E-state index is 11.8. The van der Waals surface area contributed by atoms with Gasteiger partial charge in [0.2, 0.25) is 6.79 Å². The predicted molar refractivity (Wildman–Crippen MR) is 126 cm³/mol. The Morgan fingerprint density at radius 2 is 1.81 bits per heavy atom. The SMILES string of the molecule is CCn1nc(C)cc1/C(OCOC(=O)OC(C)C)=C(/c1ccc(C(C)(C)C)cc1)C1C=N1. The second-order valence-corrected chi connectivity index (χ2v) is 9.12. The summed E-state index contributed by atoms with van der Waals surface area (Å²) in [4.78, 5) is 16.2. The number of rotatable bonds is 8. The van der Waals surface area contributed by atoms with Gasteiger partial charge in [-0.25, -0.2) is 4.79 Å². The highest BCUT2D eigenvalue weighted by atomic mass is 16.8. The molecule has 1 unspecified atom stereocenters. The number of carbonyl (C=O) groups is 1. The van der Waals surface area contributed by atoms with Crippen molar-refractivity contribution in [1.82, 2.24) is 9.78 Å². The maximum atomic E-state index is 11.8. The number of ether oxygens (including phenoxy) is 3. The van der Waals surface area contributed by atoms with E-state index in [1.165, 1.54) is 5.56 Å². The van der Waals surface area contributed by atoms with Crippen LogP contribution in [0.15, 0.2) is 35.3 Å². The van der Waals surface area contributed by atoms with Crippen LogP contribution in [0.5, 0.6) is 0 Å². The first kappa shape index (κ1) is 23.6. The van der Waals surface area contributed by atoms with Gasteiger partial charge in [-0.3, -0.25) is 9.67 Å². The van der Waals surface area contributed by atoms with Gasteiger partial charge >= 0.3 is 6.16 Å². The van der Waals surface area contributed by atoms with E-state index >= 15 is 0 Å². The fourth-order valence-electron chi connectivity index (χ4n) is 3.40. The predicted octanol–water partition coefficient (Wildman–Crippen LogP) is 5.37. The molecular formula is C25H33N3O4. The normalized spacial score (nSPS) is 16.1. The lowest BCUT2D eigenvalue weighted by Gasteiger charge is -2.21. The first-order valence-electron chi connectivity index (χ1n) is 11.0. The molecule has 7 nitrogen and oxygen atoms in total. The highest BCUT2D eigenvalue weighted by Crippen LogP contribution is 2.35. The zero-order valence-corrected chi connectivity index (χ0v) is 20.0. The third kappa shape index (κ3) is 5.78. The van der Waals surface area contributed by atoms with Gasteiger partial charge in [0.1, 0.15) is 11.7 Å². The Kier molecular flexibility index (Phi) is 7.06. The van der Waals surface area contributed by atoms with Gasteiger partial charge in [-0.15, -0.1) is 0 Å².